The first-order valence-corrected chi connectivity index (χ1v) is 7.70. The number of Topliss-reactive ketones (excluding diaryl/α,β-unsaturated/α-hetero) is 1. The third-order valence-corrected chi connectivity index (χ3v) is 3.88. The molecule has 22 heavy (non-hydrogen) atoms. The fraction of sp³-hybridized carbons (Fsp3) is 0.500. The second-order valence-electron chi connectivity index (χ2n) is 5.33. The molecule has 0 spiro atoms. The Hall–Kier alpha value is -1.43. The maximum absolute atomic E-state index is 12.0. The van der Waals surface area contributed by atoms with Crippen LogP contribution >= 0.6 is 11.6 Å². The quantitative estimate of drug-likeness (QED) is 0.783. The lowest BCUT2D eigenvalue weighted by molar-refractivity contribution is -0.146. The van der Waals surface area contributed by atoms with E-state index in [-0.39, 0.29) is 24.5 Å². The smallest absolute Gasteiger partial charge is 0.220 e. The van der Waals surface area contributed by atoms with Gasteiger partial charge in [-0.3, -0.25) is 9.59 Å². The van der Waals surface area contributed by atoms with Crippen molar-refractivity contribution in [3.8, 4) is 0 Å². The number of carbonyl (C=O) groups is 2. The first-order valence-electron chi connectivity index (χ1n) is 7.32. The maximum atomic E-state index is 12.0. The molecule has 6 heteroatoms. The van der Waals surface area contributed by atoms with Crippen LogP contribution in [0.2, 0.25) is 5.02 Å². The number of halogens is 1. The second kappa shape index (κ2) is 7.72. The van der Waals surface area contributed by atoms with E-state index in [2.05, 4.69) is 5.32 Å². The van der Waals surface area contributed by atoms with Crippen LogP contribution in [0, 0.1) is 0 Å². The molecular weight excluding hydrogens is 306 g/mol. The average molecular weight is 326 g/mol. The first-order chi connectivity index (χ1) is 10.5. The number of ether oxygens (including phenoxy) is 2. The maximum Gasteiger partial charge on any atom is 0.220 e. The Morgan fingerprint density at radius 3 is 2.59 bits per heavy atom. The molecule has 1 amide bonds. The fourth-order valence-electron chi connectivity index (χ4n) is 2.27. The van der Waals surface area contributed by atoms with Gasteiger partial charge in [0.1, 0.15) is 0 Å². The Bertz CT molecular complexity index is 541. The Labute approximate surface area is 134 Å². The monoisotopic (exact) mass is 325 g/mol. The van der Waals surface area contributed by atoms with Gasteiger partial charge in [-0.1, -0.05) is 23.7 Å². The van der Waals surface area contributed by atoms with Gasteiger partial charge < -0.3 is 14.8 Å². The van der Waals surface area contributed by atoms with Gasteiger partial charge in [0.2, 0.25) is 5.91 Å². The summed E-state index contributed by atoms with van der Waals surface area (Å²) in [6.07, 6.45) is 0.861. The summed E-state index contributed by atoms with van der Waals surface area (Å²) in [5.41, 5.74) is 0.456. The lowest BCUT2D eigenvalue weighted by Gasteiger charge is -2.22. The summed E-state index contributed by atoms with van der Waals surface area (Å²) in [4.78, 5) is 23.8. The van der Waals surface area contributed by atoms with Crippen LogP contribution in [0.1, 0.15) is 36.5 Å². The van der Waals surface area contributed by atoms with Crippen LogP contribution in [0.5, 0.6) is 0 Å². The largest absolute Gasteiger partial charge is 0.356 e. The lowest BCUT2D eigenvalue weighted by Crippen LogP contribution is -2.33. The van der Waals surface area contributed by atoms with Gasteiger partial charge in [0.25, 0.3) is 0 Å². The topological polar surface area (TPSA) is 64.6 Å². The van der Waals surface area contributed by atoms with Crippen LogP contribution in [0.25, 0.3) is 0 Å². The molecule has 1 N–H and O–H groups in total. The van der Waals surface area contributed by atoms with Gasteiger partial charge in [-0.05, 0) is 19.1 Å². The van der Waals surface area contributed by atoms with E-state index in [0.29, 0.717) is 36.8 Å². The molecule has 0 aromatic heterocycles. The summed E-state index contributed by atoms with van der Waals surface area (Å²) >= 11 is 5.96. The van der Waals surface area contributed by atoms with Crippen molar-refractivity contribution < 1.29 is 19.1 Å². The van der Waals surface area contributed by atoms with E-state index in [1.54, 1.807) is 24.3 Å². The van der Waals surface area contributed by atoms with Crippen molar-refractivity contribution in [2.75, 3.05) is 19.8 Å². The highest BCUT2D eigenvalue weighted by Gasteiger charge is 2.30. The summed E-state index contributed by atoms with van der Waals surface area (Å²) in [5, 5.41) is 3.19. The minimum Gasteiger partial charge on any atom is -0.356 e. The highest BCUT2D eigenvalue weighted by Crippen LogP contribution is 2.21. The van der Waals surface area contributed by atoms with Crippen LogP contribution in [0.3, 0.4) is 0 Å². The van der Waals surface area contributed by atoms with Crippen LogP contribution in [0.15, 0.2) is 24.3 Å². The minimum atomic E-state index is -0.610. The first kappa shape index (κ1) is 16.9. The van der Waals surface area contributed by atoms with Crippen molar-refractivity contribution in [2.24, 2.45) is 0 Å². The van der Waals surface area contributed by atoms with Crippen molar-refractivity contribution in [3.63, 3.8) is 0 Å². The molecule has 0 bridgehead atoms. The number of rotatable bonds is 7. The van der Waals surface area contributed by atoms with Crippen LogP contribution in [-0.4, -0.2) is 37.2 Å². The number of amides is 1. The second-order valence-corrected chi connectivity index (χ2v) is 5.74. The van der Waals surface area contributed by atoms with Crippen molar-refractivity contribution >= 4 is 23.3 Å². The number of ketones is 1. The van der Waals surface area contributed by atoms with E-state index in [1.165, 1.54) is 0 Å². The zero-order chi connectivity index (χ0) is 16.0. The molecule has 1 aliphatic rings. The third-order valence-electron chi connectivity index (χ3n) is 3.55. The lowest BCUT2D eigenvalue weighted by atomic mass is 10.1. The van der Waals surface area contributed by atoms with Crippen LogP contribution in [-0.2, 0) is 14.3 Å². The van der Waals surface area contributed by atoms with Crippen molar-refractivity contribution in [2.45, 2.75) is 32.0 Å². The molecule has 0 atom stereocenters. The van der Waals surface area contributed by atoms with Gasteiger partial charge in [-0.25, -0.2) is 0 Å². The molecule has 1 aliphatic heterocycles. The Balaban J connectivity index is 1.69. The Morgan fingerprint density at radius 2 is 1.91 bits per heavy atom. The van der Waals surface area contributed by atoms with Crippen molar-refractivity contribution in [1.29, 1.82) is 0 Å². The molecule has 1 aromatic rings. The fourth-order valence-corrected chi connectivity index (χ4v) is 2.51. The van der Waals surface area contributed by atoms with E-state index < -0.39 is 5.79 Å². The summed E-state index contributed by atoms with van der Waals surface area (Å²) in [5.74, 6) is -0.905. The minimum absolute atomic E-state index is 0.129. The molecule has 120 valence electrons. The highest BCUT2D eigenvalue weighted by molar-refractivity contribution is 6.34. The molecule has 5 nitrogen and oxygen atoms in total. The summed E-state index contributed by atoms with van der Waals surface area (Å²) in [6.45, 7) is 3.47. The van der Waals surface area contributed by atoms with Crippen molar-refractivity contribution in [1.82, 2.24) is 5.32 Å². The summed E-state index contributed by atoms with van der Waals surface area (Å²) < 4.78 is 10.9. The molecule has 2 rings (SSSR count). The average Bonchev–Trinajstić information content (AvgIpc) is 2.92. The van der Waals surface area contributed by atoms with Crippen LogP contribution in [0.4, 0.5) is 0 Å². The number of hydrogen-bond acceptors (Lipinski definition) is 4. The Morgan fingerprint density at radius 1 is 1.23 bits per heavy atom. The summed E-state index contributed by atoms with van der Waals surface area (Å²) in [6, 6.07) is 6.84. The van der Waals surface area contributed by atoms with E-state index in [0.717, 1.165) is 0 Å². The Kier molecular flexibility index (Phi) is 5.94. The van der Waals surface area contributed by atoms with E-state index >= 15 is 0 Å². The van der Waals surface area contributed by atoms with Gasteiger partial charge >= 0.3 is 0 Å². The van der Waals surface area contributed by atoms with E-state index in [1.807, 2.05) is 6.92 Å². The third kappa shape index (κ3) is 4.80. The number of benzene rings is 1. The van der Waals surface area contributed by atoms with Gasteiger partial charge in [-0.15, -0.1) is 0 Å². The molecule has 0 saturated carbocycles. The SMILES string of the molecule is CC1(CCNC(=O)CCC(=O)c2ccccc2Cl)OCCO1. The van der Waals surface area contributed by atoms with Crippen molar-refractivity contribution in [3.05, 3.63) is 34.9 Å². The molecule has 1 heterocycles. The molecule has 1 aromatic carbocycles. The normalized spacial score (nSPS) is 16.5. The van der Waals surface area contributed by atoms with Gasteiger partial charge in [-0.2, -0.15) is 0 Å². The molecule has 0 unspecified atom stereocenters. The molecular formula is C16H20ClNO4. The predicted octanol–water partition coefficient (Wildman–Crippen LogP) is 2.57. The van der Waals surface area contributed by atoms with Gasteiger partial charge in [0.15, 0.2) is 11.6 Å². The number of hydrogen-bond donors (Lipinski definition) is 1. The zero-order valence-electron chi connectivity index (χ0n) is 12.6. The van der Waals surface area contributed by atoms with Crippen LogP contribution < -0.4 is 5.32 Å². The molecule has 0 radical (unpaired) electrons. The molecule has 1 fully saturated rings. The molecule has 0 aliphatic carbocycles. The van der Waals surface area contributed by atoms with E-state index in [9.17, 15) is 9.59 Å². The predicted molar refractivity (Wildman–Crippen MR) is 83.0 cm³/mol. The molecule has 1 saturated heterocycles. The zero-order valence-corrected chi connectivity index (χ0v) is 13.3. The standard InChI is InChI=1S/C16H20ClNO4/c1-16(21-10-11-22-16)8-9-18-15(20)7-6-14(19)12-4-2-3-5-13(12)17/h2-5H,6-11H2,1H3,(H,18,20). The van der Waals surface area contributed by atoms with Gasteiger partial charge in [0, 0.05) is 31.4 Å². The summed E-state index contributed by atoms with van der Waals surface area (Å²) in [7, 11) is 0. The van der Waals surface area contributed by atoms with Gasteiger partial charge in [0.05, 0.1) is 18.2 Å². The number of carbonyl (C=O) groups excluding carboxylic acids is 2. The highest BCUT2D eigenvalue weighted by atomic mass is 35.5. The van der Waals surface area contributed by atoms with E-state index in [4.69, 9.17) is 21.1 Å². The number of nitrogens with one attached hydrogen (secondary N) is 1.